The van der Waals surface area contributed by atoms with Crippen molar-refractivity contribution < 1.29 is 13.2 Å². The number of amides is 1. The monoisotopic (exact) mass is 405 g/mol. The molecule has 0 N–H and O–H groups in total. The van der Waals surface area contributed by atoms with Crippen LogP contribution in [0.4, 0.5) is 5.82 Å². The number of nitrogens with zero attached hydrogens (tertiary/aromatic N) is 5. The van der Waals surface area contributed by atoms with E-state index >= 15 is 0 Å². The number of piperazine rings is 1. The van der Waals surface area contributed by atoms with E-state index in [0.29, 0.717) is 37.6 Å². The Balaban J connectivity index is 1.60. The zero-order chi connectivity index (χ0) is 19.4. The molecule has 27 heavy (non-hydrogen) atoms. The van der Waals surface area contributed by atoms with Gasteiger partial charge >= 0.3 is 0 Å². The summed E-state index contributed by atoms with van der Waals surface area (Å²) in [6.07, 6.45) is 1.64. The Morgan fingerprint density at radius 1 is 1.30 bits per heavy atom. The van der Waals surface area contributed by atoms with Crippen molar-refractivity contribution in [2.75, 3.05) is 44.7 Å². The maximum absolute atomic E-state index is 12.5. The average Bonchev–Trinajstić information content (AvgIpc) is 3.23. The highest BCUT2D eigenvalue weighted by molar-refractivity contribution is 7.91. The van der Waals surface area contributed by atoms with Gasteiger partial charge < -0.3 is 9.80 Å². The number of rotatable bonds is 5. The number of hydrogen-bond acceptors (Lipinski definition) is 7. The van der Waals surface area contributed by atoms with Crippen molar-refractivity contribution in [2.24, 2.45) is 0 Å². The minimum Gasteiger partial charge on any atom is -0.352 e. The lowest BCUT2D eigenvalue weighted by molar-refractivity contribution is -0.131. The number of carbonyl (C=O) groups is 1. The molecule has 142 valence electrons. The van der Waals surface area contributed by atoms with Crippen LogP contribution in [0.3, 0.4) is 0 Å². The second-order valence-corrected chi connectivity index (χ2v) is 9.27. The highest BCUT2D eigenvalue weighted by Gasteiger charge is 2.28. The lowest BCUT2D eigenvalue weighted by Crippen LogP contribution is -2.51. The molecule has 1 aliphatic heterocycles. The average molecular weight is 406 g/mol. The third-order valence-corrected chi connectivity index (χ3v) is 7.53. The molecule has 0 spiro atoms. The number of nitriles is 1. The van der Waals surface area contributed by atoms with Crippen LogP contribution in [0.2, 0.25) is 0 Å². The van der Waals surface area contributed by atoms with E-state index in [4.69, 9.17) is 0 Å². The lowest BCUT2D eigenvalue weighted by Gasteiger charge is -2.36. The van der Waals surface area contributed by atoms with Crippen LogP contribution in [0, 0.1) is 11.3 Å². The molecule has 0 atom stereocenters. The number of thiophene rings is 1. The summed E-state index contributed by atoms with van der Waals surface area (Å²) < 4.78 is 26.2. The maximum atomic E-state index is 12.5. The van der Waals surface area contributed by atoms with Gasteiger partial charge in [-0.3, -0.25) is 4.79 Å². The van der Waals surface area contributed by atoms with Crippen molar-refractivity contribution in [2.45, 2.75) is 4.21 Å². The Labute approximate surface area is 162 Å². The van der Waals surface area contributed by atoms with Gasteiger partial charge in [0.05, 0.1) is 12.1 Å². The van der Waals surface area contributed by atoms with Crippen LogP contribution < -0.4 is 4.90 Å². The Morgan fingerprint density at radius 2 is 2.04 bits per heavy atom. The molecule has 1 fully saturated rings. The maximum Gasteiger partial charge on any atom is 0.252 e. The number of sulfonamides is 1. The SMILES string of the molecule is CN(CC(=O)N1CCN(c2ncccc2C#N)CC1)S(=O)(=O)c1cccs1. The van der Waals surface area contributed by atoms with E-state index in [2.05, 4.69) is 11.1 Å². The van der Waals surface area contributed by atoms with Crippen LogP contribution in [-0.2, 0) is 14.8 Å². The van der Waals surface area contributed by atoms with Crippen molar-refractivity contribution >= 4 is 33.1 Å². The molecule has 0 saturated carbocycles. The van der Waals surface area contributed by atoms with Crippen molar-refractivity contribution in [3.05, 3.63) is 41.4 Å². The Hall–Kier alpha value is -2.48. The fourth-order valence-corrected chi connectivity index (χ4v) is 5.16. The number of carbonyl (C=O) groups excluding carboxylic acids is 1. The molecule has 1 amide bonds. The van der Waals surface area contributed by atoms with E-state index in [1.54, 1.807) is 34.7 Å². The second kappa shape index (κ2) is 8.04. The normalized spacial score (nSPS) is 15.0. The number of hydrogen-bond donors (Lipinski definition) is 0. The van der Waals surface area contributed by atoms with Crippen molar-refractivity contribution in [3.63, 3.8) is 0 Å². The van der Waals surface area contributed by atoms with Crippen LogP contribution in [-0.4, -0.2) is 68.3 Å². The first-order valence-corrected chi connectivity index (χ1v) is 10.6. The van der Waals surface area contributed by atoms with Crippen LogP contribution in [0.5, 0.6) is 0 Å². The molecule has 1 aliphatic rings. The van der Waals surface area contributed by atoms with Gasteiger partial charge in [-0.15, -0.1) is 11.3 Å². The quantitative estimate of drug-likeness (QED) is 0.736. The Bertz CT molecular complexity index is 945. The van der Waals surface area contributed by atoms with Crippen LogP contribution in [0.15, 0.2) is 40.1 Å². The predicted molar refractivity (Wildman–Crippen MR) is 102 cm³/mol. The minimum atomic E-state index is -3.64. The topological polar surface area (TPSA) is 97.6 Å². The molecular weight excluding hydrogens is 386 g/mol. The van der Waals surface area contributed by atoms with Gasteiger partial charge in [-0.1, -0.05) is 6.07 Å². The molecule has 0 radical (unpaired) electrons. The van der Waals surface area contributed by atoms with Gasteiger partial charge in [-0.25, -0.2) is 13.4 Å². The number of anilines is 1. The standard InChI is InChI=1S/C17H19N5O3S2/c1-20(27(24,25)16-5-3-11-26-16)13-15(23)21-7-9-22(10-8-21)17-14(12-18)4-2-6-19-17/h2-6,11H,7-10,13H2,1H3. The van der Waals surface area contributed by atoms with Crippen LogP contribution in [0.1, 0.15) is 5.56 Å². The highest BCUT2D eigenvalue weighted by Crippen LogP contribution is 2.21. The van der Waals surface area contributed by atoms with E-state index in [1.807, 2.05) is 4.90 Å². The number of pyridine rings is 1. The number of aromatic nitrogens is 1. The van der Waals surface area contributed by atoms with Gasteiger partial charge in [0.15, 0.2) is 0 Å². The van der Waals surface area contributed by atoms with Gasteiger partial charge in [0.1, 0.15) is 16.1 Å². The minimum absolute atomic E-state index is 0.201. The van der Waals surface area contributed by atoms with Crippen LogP contribution in [0.25, 0.3) is 0 Å². The molecule has 0 bridgehead atoms. The van der Waals surface area contributed by atoms with Gasteiger partial charge in [-0.2, -0.15) is 9.57 Å². The molecule has 1 saturated heterocycles. The third-order valence-electron chi connectivity index (χ3n) is 4.36. The van der Waals surface area contributed by atoms with Gasteiger partial charge in [0, 0.05) is 39.4 Å². The fourth-order valence-electron chi connectivity index (χ4n) is 2.84. The second-order valence-electron chi connectivity index (χ2n) is 6.05. The largest absolute Gasteiger partial charge is 0.352 e. The van der Waals surface area contributed by atoms with Gasteiger partial charge in [0.2, 0.25) is 5.91 Å². The smallest absolute Gasteiger partial charge is 0.252 e. The summed E-state index contributed by atoms with van der Waals surface area (Å²) in [5.41, 5.74) is 0.499. The number of likely N-dealkylation sites (N-methyl/N-ethyl adjacent to an activating group) is 1. The van der Waals surface area contributed by atoms with E-state index in [9.17, 15) is 18.5 Å². The summed E-state index contributed by atoms with van der Waals surface area (Å²) >= 11 is 1.13. The Kier molecular flexibility index (Phi) is 5.74. The Morgan fingerprint density at radius 3 is 2.67 bits per heavy atom. The summed E-state index contributed by atoms with van der Waals surface area (Å²) in [5.74, 6) is 0.378. The molecule has 3 rings (SSSR count). The zero-order valence-corrected chi connectivity index (χ0v) is 16.4. The lowest BCUT2D eigenvalue weighted by atomic mass is 10.2. The van der Waals surface area contributed by atoms with E-state index < -0.39 is 10.0 Å². The predicted octanol–water partition coefficient (Wildman–Crippen LogP) is 0.984. The molecule has 8 nitrogen and oxygen atoms in total. The summed E-state index contributed by atoms with van der Waals surface area (Å²) in [5, 5.41) is 10.9. The molecule has 0 aliphatic carbocycles. The molecular formula is C17H19N5O3S2. The first-order valence-electron chi connectivity index (χ1n) is 8.31. The summed E-state index contributed by atoms with van der Waals surface area (Å²) in [6.45, 7) is 1.78. The van der Waals surface area contributed by atoms with E-state index in [1.165, 1.54) is 13.1 Å². The van der Waals surface area contributed by atoms with Gasteiger partial charge in [-0.05, 0) is 23.6 Å². The van der Waals surface area contributed by atoms with E-state index in [0.717, 1.165) is 15.6 Å². The first kappa shape index (κ1) is 19.3. The fraction of sp³-hybridized carbons (Fsp3) is 0.353. The first-order chi connectivity index (χ1) is 12.9. The molecule has 10 heteroatoms. The molecule has 2 aromatic rings. The summed E-state index contributed by atoms with van der Waals surface area (Å²) in [4.78, 5) is 20.4. The highest BCUT2D eigenvalue weighted by atomic mass is 32.2. The summed E-state index contributed by atoms with van der Waals surface area (Å²) in [6, 6.07) is 8.75. The zero-order valence-electron chi connectivity index (χ0n) is 14.8. The molecule has 3 heterocycles. The summed E-state index contributed by atoms with van der Waals surface area (Å²) in [7, 11) is -2.23. The van der Waals surface area contributed by atoms with E-state index in [-0.39, 0.29) is 16.7 Å². The van der Waals surface area contributed by atoms with Crippen LogP contribution >= 0.6 is 11.3 Å². The third kappa shape index (κ3) is 4.10. The molecule has 2 aromatic heterocycles. The van der Waals surface area contributed by atoms with Crippen molar-refractivity contribution in [3.8, 4) is 6.07 Å². The molecule has 0 unspecified atom stereocenters. The van der Waals surface area contributed by atoms with Crippen molar-refractivity contribution in [1.29, 1.82) is 5.26 Å². The molecule has 0 aromatic carbocycles. The van der Waals surface area contributed by atoms with Crippen molar-refractivity contribution in [1.82, 2.24) is 14.2 Å². The van der Waals surface area contributed by atoms with Gasteiger partial charge in [0.25, 0.3) is 10.0 Å².